The highest BCUT2D eigenvalue weighted by atomic mass is 16.5. The second-order valence-corrected chi connectivity index (χ2v) is 2.55. The zero-order chi connectivity index (χ0) is 10.4. The van der Waals surface area contributed by atoms with Gasteiger partial charge >= 0.3 is 5.97 Å². The maximum atomic E-state index is 11.4. The van der Waals surface area contributed by atoms with Crippen molar-refractivity contribution in [3.8, 4) is 6.07 Å². The maximum Gasteiger partial charge on any atom is 0.340 e. The van der Waals surface area contributed by atoms with Crippen LogP contribution >= 0.6 is 0 Å². The van der Waals surface area contributed by atoms with E-state index in [1.54, 1.807) is 25.3 Å². The van der Waals surface area contributed by atoms with Gasteiger partial charge in [0.05, 0.1) is 30.4 Å². The summed E-state index contributed by atoms with van der Waals surface area (Å²) in [5.41, 5.74) is 0.837. The molecule has 0 bridgehead atoms. The van der Waals surface area contributed by atoms with Crippen LogP contribution in [-0.4, -0.2) is 17.6 Å². The Hall–Kier alpha value is -1.89. The highest BCUT2D eigenvalue weighted by Crippen LogP contribution is 2.07. The van der Waals surface area contributed by atoms with Gasteiger partial charge in [-0.2, -0.15) is 5.26 Å². The first-order valence-corrected chi connectivity index (χ1v) is 4.27. The zero-order valence-electron chi connectivity index (χ0n) is 7.86. The van der Waals surface area contributed by atoms with E-state index in [4.69, 9.17) is 10.00 Å². The van der Waals surface area contributed by atoms with Gasteiger partial charge in [0.2, 0.25) is 0 Å². The normalized spacial score (nSPS) is 9.14. The summed E-state index contributed by atoms with van der Waals surface area (Å²) in [6.07, 6.45) is 1.67. The van der Waals surface area contributed by atoms with Crippen LogP contribution < -0.4 is 0 Å². The molecule has 0 amide bonds. The van der Waals surface area contributed by atoms with Crippen LogP contribution in [0.25, 0.3) is 0 Å². The molecule has 0 N–H and O–H groups in total. The van der Waals surface area contributed by atoms with E-state index < -0.39 is 5.97 Å². The maximum absolute atomic E-state index is 11.4. The molecule has 0 aromatic carbocycles. The van der Waals surface area contributed by atoms with Gasteiger partial charge in [-0.1, -0.05) is 0 Å². The van der Waals surface area contributed by atoms with E-state index in [1.165, 1.54) is 0 Å². The van der Waals surface area contributed by atoms with Crippen LogP contribution in [0.5, 0.6) is 0 Å². The van der Waals surface area contributed by atoms with Crippen molar-refractivity contribution in [3.63, 3.8) is 0 Å². The van der Waals surface area contributed by atoms with Crippen LogP contribution in [0, 0.1) is 11.3 Å². The van der Waals surface area contributed by atoms with E-state index in [0.29, 0.717) is 17.9 Å². The van der Waals surface area contributed by atoms with Gasteiger partial charge in [0.15, 0.2) is 0 Å². The first kappa shape index (κ1) is 10.2. The Balaban J connectivity index is 2.95. The molecule has 0 aliphatic heterocycles. The molecule has 1 heterocycles. The molecule has 72 valence electrons. The van der Waals surface area contributed by atoms with Gasteiger partial charge in [-0.3, -0.25) is 4.98 Å². The molecule has 0 saturated heterocycles. The summed E-state index contributed by atoms with van der Waals surface area (Å²) in [5.74, 6) is -0.425. The van der Waals surface area contributed by atoms with Crippen LogP contribution in [0.2, 0.25) is 0 Å². The Kier molecular flexibility index (Phi) is 3.62. The van der Waals surface area contributed by atoms with Gasteiger partial charge in [-0.15, -0.1) is 0 Å². The lowest BCUT2D eigenvalue weighted by Crippen LogP contribution is -2.09. The lowest BCUT2D eigenvalue weighted by molar-refractivity contribution is 0.0524. The van der Waals surface area contributed by atoms with Crippen LogP contribution in [0.4, 0.5) is 0 Å². The van der Waals surface area contributed by atoms with E-state index in [2.05, 4.69) is 4.98 Å². The van der Waals surface area contributed by atoms with Crippen molar-refractivity contribution >= 4 is 5.97 Å². The third-order valence-corrected chi connectivity index (χ3v) is 1.63. The van der Waals surface area contributed by atoms with Gasteiger partial charge in [0.25, 0.3) is 0 Å². The number of ether oxygens (including phenoxy) is 1. The van der Waals surface area contributed by atoms with Gasteiger partial charge < -0.3 is 4.74 Å². The fourth-order valence-corrected chi connectivity index (χ4v) is 1.05. The van der Waals surface area contributed by atoms with Crippen molar-refractivity contribution in [2.45, 2.75) is 13.3 Å². The Bertz CT molecular complexity index is 369. The van der Waals surface area contributed by atoms with Crippen LogP contribution in [0.3, 0.4) is 0 Å². The molecule has 1 aromatic rings. The summed E-state index contributed by atoms with van der Waals surface area (Å²) in [6, 6.07) is 5.21. The highest BCUT2D eigenvalue weighted by molar-refractivity contribution is 5.90. The quantitative estimate of drug-likeness (QED) is 0.674. The molecule has 1 aromatic heterocycles. The Morgan fingerprint density at radius 1 is 1.71 bits per heavy atom. The number of carbonyl (C=O) groups excluding carboxylic acids is 1. The number of hydrogen-bond acceptors (Lipinski definition) is 4. The van der Waals surface area contributed by atoms with E-state index in [-0.39, 0.29) is 6.42 Å². The molecule has 0 unspecified atom stereocenters. The molecule has 0 saturated carbocycles. The lowest BCUT2D eigenvalue weighted by Gasteiger charge is -2.04. The molecule has 14 heavy (non-hydrogen) atoms. The summed E-state index contributed by atoms with van der Waals surface area (Å²) in [6.45, 7) is 2.05. The number of hydrogen-bond donors (Lipinski definition) is 0. The lowest BCUT2D eigenvalue weighted by atomic mass is 10.1. The molecule has 4 nitrogen and oxygen atoms in total. The molecule has 0 atom stereocenters. The van der Waals surface area contributed by atoms with Crippen molar-refractivity contribution in [1.29, 1.82) is 5.26 Å². The van der Waals surface area contributed by atoms with E-state index in [1.807, 2.05) is 6.07 Å². The fraction of sp³-hybridized carbons (Fsp3) is 0.300. The molecule has 0 aliphatic carbocycles. The second-order valence-electron chi connectivity index (χ2n) is 2.55. The van der Waals surface area contributed by atoms with Crippen LogP contribution in [0.15, 0.2) is 18.3 Å². The monoisotopic (exact) mass is 190 g/mol. The van der Waals surface area contributed by atoms with Gasteiger partial charge in [-0.25, -0.2) is 4.79 Å². The fourth-order valence-electron chi connectivity index (χ4n) is 1.05. The van der Waals surface area contributed by atoms with Crippen LogP contribution in [-0.2, 0) is 11.2 Å². The predicted octanol–water partition coefficient (Wildman–Crippen LogP) is 1.32. The molecular weight excluding hydrogens is 180 g/mol. The van der Waals surface area contributed by atoms with E-state index >= 15 is 0 Å². The largest absolute Gasteiger partial charge is 0.462 e. The Morgan fingerprint density at radius 3 is 3.14 bits per heavy atom. The molecule has 1 rings (SSSR count). The number of nitriles is 1. The molecule has 0 aliphatic rings. The number of esters is 1. The van der Waals surface area contributed by atoms with E-state index in [0.717, 1.165) is 0 Å². The molecule has 0 spiro atoms. The molecule has 0 radical (unpaired) electrons. The Morgan fingerprint density at radius 2 is 2.50 bits per heavy atom. The highest BCUT2D eigenvalue weighted by Gasteiger charge is 2.11. The number of nitrogens with zero attached hydrogens (tertiary/aromatic N) is 2. The molecule has 0 fully saturated rings. The van der Waals surface area contributed by atoms with Gasteiger partial charge in [-0.05, 0) is 19.1 Å². The minimum Gasteiger partial charge on any atom is -0.462 e. The molecular formula is C10H10N2O2. The number of aromatic nitrogens is 1. The minimum absolute atomic E-state index is 0.120. The van der Waals surface area contributed by atoms with Crippen molar-refractivity contribution < 1.29 is 9.53 Å². The van der Waals surface area contributed by atoms with Gasteiger partial charge in [0.1, 0.15) is 0 Å². The Labute approximate surface area is 82.1 Å². The number of carbonyl (C=O) groups is 1. The minimum atomic E-state index is -0.425. The smallest absolute Gasteiger partial charge is 0.340 e. The summed E-state index contributed by atoms with van der Waals surface area (Å²) in [7, 11) is 0. The molecule has 4 heteroatoms. The number of rotatable bonds is 3. The van der Waals surface area contributed by atoms with Crippen molar-refractivity contribution in [2.75, 3.05) is 6.61 Å². The summed E-state index contributed by atoms with van der Waals surface area (Å²) in [4.78, 5) is 15.3. The first-order valence-electron chi connectivity index (χ1n) is 4.27. The number of pyridine rings is 1. The third-order valence-electron chi connectivity index (χ3n) is 1.63. The third kappa shape index (κ3) is 2.30. The standard InChI is InChI=1S/C10H10N2O2/c1-2-14-10(13)8-4-3-7-12-9(8)5-6-11/h3-4,7H,2,5H2,1H3. The van der Waals surface area contributed by atoms with E-state index in [9.17, 15) is 4.79 Å². The topological polar surface area (TPSA) is 63.0 Å². The zero-order valence-corrected chi connectivity index (χ0v) is 7.86. The summed E-state index contributed by atoms with van der Waals surface area (Å²) in [5, 5.41) is 8.51. The van der Waals surface area contributed by atoms with Crippen molar-refractivity contribution in [2.24, 2.45) is 0 Å². The van der Waals surface area contributed by atoms with Crippen LogP contribution in [0.1, 0.15) is 23.0 Å². The first-order chi connectivity index (χ1) is 6.79. The summed E-state index contributed by atoms with van der Waals surface area (Å²) >= 11 is 0. The summed E-state index contributed by atoms with van der Waals surface area (Å²) < 4.78 is 4.83. The predicted molar refractivity (Wildman–Crippen MR) is 49.5 cm³/mol. The second kappa shape index (κ2) is 4.97. The van der Waals surface area contributed by atoms with Gasteiger partial charge in [0, 0.05) is 6.20 Å². The SMILES string of the molecule is CCOC(=O)c1cccnc1CC#N. The van der Waals surface area contributed by atoms with Crippen molar-refractivity contribution in [1.82, 2.24) is 4.98 Å². The van der Waals surface area contributed by atoms with Crippen molar-refractivity contribution in [3.05, 3.63) is 29.6 Å². The average molecular weight is 190 g/mol. The average Bonchev–Trinajstić information content (AvgIpc) is 2.19.